The normalized spacial score (nSPS) is 11.4. The van der Waals surface area contributed by atoms with E-state index in [9.17, 15) is 4.79 Å². The third-order valence-corrected chi connectivity index (χ3v) is 4.38. The zero-order chi connectivity index (χ0) is 18.8. The monoisotopic (exact) mass is 361 g/mol. The van der Waals surface area contributed by atoms with Crippen molar-refractivity contribution in [2.45, 2.75) is 13.8 Å². The van der Waals surface area contributed by atoms with E-state index < -0.39 is 5.91 Å². The molecule has 5 heteroatoms. The Bertz CT molecular complexity index is 1110. The molecule has 0 atom stereocenters. The number of halogens is 1. The van der Waals surface area contributed by atoms with Gasteiger partial charge in [0, 0.05) is 27.7 Å². The first-order valence-electron chi connectivity index (χ1n) is 7.91. The number of aliphatic imine (C=N–C) groups is 1. The van der Waals surface area contributed by atoms with Crippen molar-refractivity contribution in [1.82, 2.24) is 4.98 Å². The van der Waals surface area contributed by atoms with E-state index in [-0.39, 0.29) is 5.84 Å². The first kappa shape index (κ1) is 17.7. The van der Waals surface area contributed by atoms with Gasteiger partial charge in [0.15, 0.2) is 5.84 Å². The fraction of sp³-hybridized carbons (Fsp3) is 0.0952. The number of benzene rings is 2. The minimum Gasteiger partial charge on any atom is -0.376 e. The Morgan fingerprint density at radius 1 is 1.19 bits per heavy atom. The Balaban J connectivity index is 2.26. The lowest BCUT2D eigenvalue weighted by Crippen LogP contribution is -2.11. The number of fused-ring (bicyclic) bond motifs is 1. The summed E-state index contributed by atoms with van der Waals surface area (Å²) in [5, 5.41) is 1.46. The second-order valence-electron chi connectivity index (χ2n) is 5.98. The van der Waals surface area contributed by atoms with E-state index in [2.05, 4.69) is 15.9 Å². The van der Waals surface area contributed by atoms with Crippen LogP contribution in [0.25, 0.3) is 22.0 Å². The number of rotatable bonds is 2. The molecule has 0 fully saturated rings. The molecule has 26 heavy (non-hydrogen) atoms. The number of amides is 1. The van der Waals surface area contributed by atoms with E-state index >= 15 is 0 Å². The maximum Gasteiger partial charge on any atom is 0.279 e. The predicted molar refractivity (Wildman–Crippen MR) is 106 cm³/mol. The maximum absolute atomic E-state index is 12.4. The van der Waals surface area contributed by atoms with Crippen molar-refractivity contribution in [2.24, 2.45) is 10.7 Å². The number of carbonyl (C=O) groups excluding carboxylic acids is 1. The van der Waals surface area contributed by atoms with Gasteiger partial charge in [-0.3, -0.25) is 9.78 Å². The SMILES string of the molecule is C#C/C(N)=N\C(=O)c1cc(C)c2nccc(-c3ccc(C)cc3Cl)c2c1. The Morgan fingerprint density at radius 3 is 2.65 bits per heavy atom. The van der Waals surface area contributed by atoms with Gasteiger partial charge in [-0.05, 0) is 60.7 Å². The average Bonchev–Trinajstić information content (AvgIpc) is 2.61. The summed E-state index contributed by atoms with van der Waals surface area (Å²) in [6.45, 7) is 3.87. The lowest BCUT2D eigenvalue weighted by molar-refractivity contribution is 0.100. The molecule has 4 nitrogen and oxygen atoms in total. The highest BCUT2D eigenvalue weighted by molar-refractivity contribution is 6.33. The predicted octanol–water partition coefficient (Wildman–Crippen LogP) is 4.30. The van der Waals surface area contributed by atoms with Crippen LogP contribution < -0.4 is 5.73 Å². The molecule has 0 radical (unpaired) electrons. The van der Waals surface area contributed by atoms with Gasteiger partial charge in [0.05, 0.1) is 5.52 Å². The molecule has 0 aliphatic carbocycles. The lowest BCUT2D eigenvalue weighted by atomic mass is 9.96. The summed E-state index contributed by atoms with van der Waals surface area (Å²) in [7, 11) is 0. The van der Waals surface area contributed by atoms with Crippen LogP contribution in [0, 0.1) is 26.2 Å². The Hall–Kier alpha value is -3.16. The number of carbonyl (C=O) groups is 1. The highest BCUT2D eigenvalue weighted by Gasteiger charge is 2.14. The summed E-state index contributed by atoms with van der Waals surface area (Å²) in [6.07, 6.45) is 6.90. The van der Waals surface area contributed by atoms with Crippen molar-refractivity contribution >= 4 is 34.2 Å². The van der Waals surface area contributed by atoms with Gasteiger partial charge in [-0.1, -0.05) is 23.7 Å². The van der Waals surface area contributed by atoms with Crippen LogP contribution in [0.5, 0.6) is 0 Å². The van der Waals surface area contributed by atoms with Gasteiger partial charge < -0.3 is 5.73 Å². The van der Waals surface area contributed by atoms with E-state index in [1.165, 1.54) is 0 Å². The molecule has 0 saturated heterocycles. The van der Waals surface area contributed by atoms with Crippen molar-refractivity contribution in [3.63, 3.8) is 0 Å². The van der Waals surface area contributed by atoms with Gasteiger partial charge in [-0.15, -0.1) is 6.42 Å². The molecule has 0 aliphatic heterocycles. The van der Waals surface area contributed by atoms with Crippen molar-refractivity contribution in [1.29, 1.82) is 0 Å². The zero-order valence-corrected chi connectivity index (χ0v) is 15.1. The van der Waals surface area contributed by atoms with Crippen molar-refractivity contribution in [2.75, 3.05) is 0 Å². The standard InChI is InChI=1S/C21H16ClN3O/c1-4-19(23)25-21(26)14-10-13(3)20-17(11-14)15(7-8-24-20)16-6-5-12(2)9-18(16)22/h1,5-11H,2-3H3,(H2,23,25,26). The van der Waals surface area contributed by atoms with Crippen LogP contribution in [0.3, 0.4) is 0 Å². The zero-order valence-electron chi connectivity index (χ0n) is 14.4. The number of aromatic nitrogens is 1. The number of hydrogen-bond donors (Lipinski definition) is 1. The van der Waals surface area contributed by atoms with E-state index in [1.54, 1.807) is 18.3 Å². The first-order valence-corrected chi connectivity index (χ1v) is 8.29. The van der Waals surface area contributed by atoms with Gasteiger partial charge >= 0.3 is 0 Å². The number of amidine groups is 1. The molecule has 1 aromatic heterocycles. The molecule has 2 N–H and O–H groups in total. The number of pyridine rings is 1. The van der Waals surface area contributed by atoms with Gasteiger partial charge in [-0.2, -0.15) is 4.99 Å². The fourth-order valence-corrected chi connectivity index (χ4v) is 3.17. The Morgan fingerprint density at radius 2 is 1.96 bits per heavy atom. The number of nitrogens with two attached hydrogens (primary N) is 1. The van der Waals surface area contributed by atoms with E-state index in [1.807, 2.05) is 38.1 Å². The molecular formula is C21H16ClN3O. The number of nitrogens with zero attached hydrogens (tertiary/aromatic N) is 2. The molecule has 1 heterocycles. The van der Waals surface area contributed by atoms with E-state index in [0.717, 1.165) is 33.2 Å². The second-order valence-corrected chi connectivity index (χ2v) is 6.38. The van der Waals surface area contributed by atoms with Gasteiger partial charge in [-0.25, -0.2) is 0 Å². The summed E-state index contributed by atoms with van der Waals surface area (Å²) < 4.78 is 0. The molecule has 0 bridgehead atoms. The molecule has 2 aromatic carbocycles. The van der Waals surface area contributed by atoms with Gasteiger partial charge in [0.2, 0.25) is 0 Å². The molecule has 128 valence electrons. The Kier molecular flexibility index (Phi) is 4.75. The molecule has 0 saturated carbocycles. The van der Waals surface area contributed by atoms with Crippen LogP contribution in [0.15, 0.2) is 47.6 Å². The minimum atomic E-state index is -0.491. The molecule has 3 aromatic rings. The quantitative estimate of drug-likeness (QED) is 0.420. The molecule has 0 unspecified atom stereocenters. The third-order valence-electron chi connectivity index (χ3n) is 4.07. The summed E-state index contributed by atoms with van der Waals surface area (Å²) in [5.74, 6) is 1.50. The maximum atomic E-state index is 12.4. The fourth-order valence-electron chi connectivity index (χ4n) is 2.84. The summed E-state index contributed by atoms with van der Waals surface area (Å²) >= 11 is 6.45. The van der Waals surface area contributed by atoms with Crippen LogP contribution in [-0.2, 0) is 0 Å². The van der Waals surface area contributed by atoms with Gasteiger partial charge in [0.25, 0.3) is 5.91 Å². The Labute approximate surface area is 156 Å². The van der Waals surface area contributed by atoms with Gasteiger partial charge in [0.1, 0.15) is 0 Å². The number of aryl methyl sites for hydroxylation is 2. The van der Waals surface area contributed by atoms with Crippen molar-refractivity contribution < 1.29 is 4.79 Å². The van der Waals surface area contributed by atoms with Crippen molar-refractivity contribution in [3.05, 3.63) is 64.3 Å². The molecule has 3 rings (SSSR count). The average molecular weight is 362 g/mol. The molecule has 0 spiro atoms. The summed E-state index contributed by atoms with van der Waals surface area (Å²) in [5.41, 5.74) is 10.4. The highest BCUT2D eigenvalue weighted by atomic mass is 35.5. The summed E-state index contributed by atoms with van der Waals surface area (Å²) in [6, 6.07) is 11.2. The molecular weight excluding hydrogens is 346 g/mol. The molecule has 1 amide bonds. The first-order chi connectivity index (χ1) is 12.4. The minimum absolute atomic E-state index is 0.152. The van der Waals surface area contributed by atoms with E-state index in [4.69, 9.17) is 23.8 Å². The highest BCUT2D eigenvalue weighted by Crippen LogP contribution is 2.34. The third kappa shape index (κ3) is 3.30. The molecule has 0 aliphatic rings. The van der Waals surface area contributed by atoms with E-state index in [0.29, 0.717) is 10.6 Å². The largest absolute Gasteiger partial charge is 0.376 e. The topological polar surface area (TPSA) is 68.3 Å². The summed E-state index contributed by atoms with van der Waals surface area (Å²) in [4.78, 5) is 20.5. The van der Waals surface area contributed by atoms with Crippen LogP contribution in [0.1, 0.15) is 21.5 Å². The van der Waals surface area contributed by atoms with Crippen LogP contribution in [0.2, 0.25) is 5.02 Å². The van der Waals surface area contributed by atoms with Crippen LogP contribution in [-0.4, -0.2) is 16.7 Å². The number of hydrogen-bond acceptors (Lipinski definition) is 2. The lowest BCUT2D eigenvalue weighted by Gasteiger charge is -2.11. The second kappa shape index (κ2) is 6.99. The van der Waals surface area contributed by atoms with Crippen LogP contribution >= 0.6 is 11.6 Å². The number of terminal acetylenes is 1. The van der Waals surface area contributed by atoms with Crippen LogP contribution in [0.4, 0.5) is 0 Å². The van der Waals surface area contributed by atoms with Crippen molar-refractivity contribution in [3.8, 4) is 23.5 Å². The smallest absolute Gasteiger partial charge is 0.279 e.